The summed E-state index contributed by atoms with van der Waals surface area (Å²) in [6, 6.07) is 5.99. The number of hydrogen-bond donors (Lipinski definition) is 3. The Balaban J connectivity index is 2.22. The monoisotopic (exact) mass is 213 g/mol. The highest BCUT2D eigenvalue weighted by Crippen LogP contribution is 2.26. The third kappa shape index (κ3) is 1.25. The Hall–Kier alpha value is -2.30. The zero-order chi connectivity index (χ0) is 11.1. The zero-order valence-corrected chi connectivity index (χ0v) is 8.78. The molecule has 5 nitrogen and oxygen atoms in total. The first-order chi connectivity index (χ1) is 7.74. The highest BCUT2D eigenvalue weighted by molar-refractivity contribution is 5.84. The molecule has 0 saturated carbocycles. The van der Waals surface area contributed by atoms with E-state index < -0.39 is 0 Å². The van der Waals surface area contributed by atoms with Crippen molar-refractivity contribution in [2.24, 2.45) is 0 Å². The van der Waals surface area contributed by atoms with Crippen molar-refractivity contribution in [3.05, 3.63) is 30.2 Å². The number of benzene rings is 1. The second-order valence-corrected chi connectivity index (χ2v) is 3.75. The van der Waals surface area contributed by atoms with E-state index in [4.69, 9.17) is 5.73 Å². The molecule has 2 aromatic heterocycles. The number of nitrogens with zero attached hydrogens (tertiary/aromatic N) is 2. The molecule has 2 heterocycles. The Bertz CT molecular complexity index is 649. The van der Waals surface area contributed by atoms with Gasteiger partial charge in [-0.05, 0) is 24.6 Å². The first-order valence-corrected chi connectivity index (χ1v) is 4.99. The fourth-order valence-corrected chi connectivity index (χ4v) is 1.83. The molecule has 0 radical (unpaired) electrons. The number of anilines is 1. The van der Waals surface area contributed by atoms with Crippen LogP contribution in [0.25, 0.3) is 22.2 Å². The van der Waals surface area contributed by atoms with Crippen molar-refractivity contribution >= 4 is 16.9 Å². The summed E-state index contributed by atoms with van der Waals surface area (Å²) in [6.07, 6.45) is 1.72. The number of aryl methyl sites for hydroxylation is 1. The van der Waals surface area contributed by atoms with Crippen LogP contribution >= 0.6 is 0 Å². The smallest absolute Gasteiger partial charge is 0.126 e. The van der Waals surface area contributed by atoms with E-state index in [9.17, 15) is 0 Å². The quantitative estimate of drug-likeness (QED) is 0.576. The lowest BCUT2D eigenvalue weighted by molar-refractivity contribution is 1.10. The Morgan fingerprint density at radius 1 is 1.31 bits per heavy atom. The van der Waals surface area contributed by atoms with E-state index >= 15 is 0 Å². The molecule has 0 bridgehead atoms. The topological polar surface area (TPSA) is 83.4 Å². The highest BCUT2D eigenvalue weighted by atomic mass is 15.1. The lowest BCUT2D eigenvalue weighted by atomic mass is 10.1. The van der Waals surface area contributed by atoms with E-state index in [0.29, 0.717) is 5.82 Å². The van der Waals surface area contributed by atoms with Gasteiger partial charge in [-0.1, -0.05) is 6.07 Å². The van der Waals surface area contributed by atoms with Crippen LogP contribution in [0.3, 0.4) is 0 Å². The van der Waals surface area contributed by atoms with E-state index in [1.165, 1.54) is 0 Å². The molecule has 0 spiro atoms. The maximum Gasteiger partial charge on any atom is 0.126 e. The number of aromatic nitrogens is 4. The lowest BCUT2D eigenvalue weighted by Crippen LogP contribution is -1.87. The van der Waals surface area contributed by atoms with Crippen LogP contribution in [-0.2, 0) is 0 Å². The van der Waals surface area contributed by atoms with Crippen LogP contribution in [-0.4, -0.2) is 20.2 Å². The summed E-state index contributed by atoms with van der Waals surface area (Å²) in [5.74, 6) is 1.49. The minimum atomic E-state index is 0.579. The van der Waals surface area contributed by atoms with Gasteiger partial charge in [-0.3, -0.25) is 5.10 Å². The van der Waals surface area contributed by atoms with Gasteiger partial charge in [0.25, 0.3) is 0 Å². The summed E-state index contributed by atoms with van der Waals surface area (Å²) >= 11 is 0. The van der Waals surface area contributed by atoms with Crippen molar-refractivity contribution in [1.82, 2.24) is 20.2 Å². The molecule has 16 heavy (non-hydrogen) atoms. The summed E-state index contributed by atoms with van der Waals surface area (Å²) in [4.78, 5) is 7.55. The molecular weight excluding hydrogens is 202 g/mol. The van der Waals surface area contributed by atoms with Crippen LogP contribution in [0.4, 0.5) is 5.82 Å². The predicted molar refractivity (Wildman–Crippen MR) is 62.8 cm³/mol. The van der Waals surface area contributed by atoms with Crippen molar-refractivity contribution in [2.75, 3.05) is 5.73 Å². The van der Waals surface area contributed by atoms with Gasteiger partial charge in [-0.15, -0.1) is 0 Å². The van der Waals surface area contributed by atoms with E-state index in [1.807, 2.05) is 25.1 Å². The molecule has 0 fully saturated rings. The maximum absolute atomic E-state index is 5.78. The molecule has 3 aromatic rings. The molecule has 0 amide bonds. The van der Waals surface area contributed by atoms with Gasteiger partial charge in [-0.2, -0.15) is 5.10 Å². The minimum absolute atomic E-state index is 0.579. The number of fused-ring (bicyclic) bond motifs is 1. The van der Waals surface area contributed by atoms with Crippen LogP contribution < -0.4 is 5.73 Å². The Labute approximate surface area is 91.7 Å². The van der Waals surface area contributed by atoms with Crippen molar-refractivity contribution in [2.45, 2.75) is 6.92 Å². The predicted octanol–water partition coefficient (Wildman–Crippen LogP) is 1.84. The average molecular weight is 213 g/mol. The van der Waals surface area contributed by atoms with Gasteiger partial charge >= 0.3 is 0 Å². The summed E-state index contributed by atoms with van der Waals surface area (Å²) in [5, 5.41) is 6.63. The van der Waals surface area contributed by atoms with Crippen molar-refractivity contribution < 1.29 is 0 Å². The SMILES string of the molecule is Cc1nc2ccc(-c3cn[nH]c3N)cc2[nH]1. The first-order valence-electron chi connectivity index (χ1n) is 4.99. The second kappa shape index (κ2) is 3.10. The van der Waals surface area contributed by atoms with Gasteiger partial charge in [0.15, 0.2) is 0 Å². The Morgan fingerprint density at radius 2 is 2.19 bits per heavy atom. The molecular formula is C11H11N5. The van der Waals surface area contributed by atoms with Gasteiger partial charge in [0, 0.05) is 5.56 Å². The van der Waals surface area contributed by atoms with Gasteiger partial charge in [-0.25, -0.2) is 4.98 Å². The Morgan fingerprint density at radius 3 is 2.94 bits per heavy atom. The largest absolute Gasteiger partial charge is 0.384 e. The minimum Gasteiger partial charge on any atom is -0.384 e. The van der Waals surface area contributed by atoms with Gasteiger partial charge in [0.2, 0.25) is 0 Å². The van der Waals surface area contributed by atoms with Crippen LogP contribution in [0.5, 0.6) is 0 Å². The number of H-pyrrole nitrogens is 2. The van der Waals surface area contributed by atoms with Crippen molar-refractivity contribution in [3.63, 3.8) is 0 Å². The number of hydrogen-bond acceptors (Lipinski definition) is 3. The first kappa shape index (κ1) is 8.96. The standard InChI is InChI=1S/C11H11N5/c1-6-14-9-3-2-7(4-10(9)15-6)8-5-13-16-11(8)12/h2-5H,1H3,(H,14,15)(H3,12,13,16). The molecule has 0 atom stereocenters. The van der Waals surface area contributed by atoms with E-state index in [1.54, 1.807) is 6.20 Å². The molecule has 0 aliphatic rings. The fourth-order valence-electron chi connectivity index (χ4n) is 1.83. The second-order valence-electron chi connectivity index (χ2n) is 3.75. The molecule has 1 aromatic carbocycles. The van der Waals surface area contributed by atoms with E-state index in [-0.39, 0.29) is 0 Å². The summed E-state index contributed by atoms with van der Waals surface area (Å²) in [7, 11) is 0. The van der Waals surface area contributed by atoms with Gasteiger partial charge in [0.05, 0.1) is 17.2 Å². The van der Waals surface area contributed by atoms with Gasteiger partial charge in [0.1, 0.15) is 11.6 Å². The number of rotatable bonds is 1. The third-order valence-electron chi connectivity index (χ3n) is 2.58. The van der Waals surface area contributed by atoms with Crippen LogP contribution in [0.1, 0.15) is 5.82 Å². The van der Waals surface area contributed by atoms with Crippen LogP contribution in [0, 0.1) is 6.92 Å². The molecule has 0 saturated heterocycles. The zero-order valence-electron chi connectivity index (χ0n) is 8.78. The van der Waals surface area contributed by atoms with E-state index in [0.717, 1.165) is 28.0 Å². The normalized spacial score (nSPS) is 11.1. The summed E-state index contributed by atoms with van der Waals surface area (Å²) in [5.41, 5.74) is 9.69. The van der Waals surface area contributed by atoms with Gasteiger partial charge < -0.3 is 10.7 Å². The molecule has 3 rings (SSSR count). The number of nitrogens with one attached hydrogen (secondary N) is 2. The summed E-state index contributed by atoms with van der Waals surface area (Å²) < 4.78 is 0. The summed E-state index contributed by atoms with van der Waals surface area (Å²) in [6.45, 7) is 1.94. The lowest BCUT2D eigenvalue weighted by Gasteiger charge is -1.98. The number of aromatic amines is 2. The molecule has 0 unspecified atom stereocenters. The average Bonchev–Trinajstić information content (AvgIpc) is 2.81. The van der Waals surface area contributed by atoms with E-state index in [2.05, 4.69) is 20.2 Å². The highest BCUT2D eigenvalue weighted by Gasteiger charge is 2.06. The number of nitrogens with two attached hydrogens (primary N) is 1. The van der Waals surface area contributed by atoms with Crippen molar-refractivity contribution in [3.8, 4) is 11.1 Å². The molecule has 5 heteroatoms. The van der Waals surface area contributed by atoms with Crippen molar-refractivity contribution in [1.29, 1.82) is 0 Å². The fraction of sp³-hybridized carbons (Fsp3) is 0.0909. The molecule has 80 valence electrons. The molecule has 0 aliphatic carbocycles. The third-order valence-corrected chi connectivity index (χ3v) is 2.58. The van der Waals surface area contributed by atoms with Crippen LogP contribution in [0.2, 0.25) is 0 Å². The molecule has 4 N–H and O–H groups in total. The molecule has 0 aliphatic heterocycles. The number of imidazole rings is 1. The maximum atomic E-state index is 5.78. The Kier molecular flexibility index (Phi) is 1.73. The number of nitrogen functional groups attached to an aromatic ring is 1. The van der Waals surface area contributed by atoms with Crippen LogP contribution in [0.15, 0.2) is 24.4 Å².